The maximum atomic E-state index is 15.3. The highest BCUT2D eigenvalue weighted by atomic mass is 32.2. The van der Waals surface area contributed by atoms with Gasteiger partial charge in [-0.15, -0.1) is 11.8 Å². The Morgan fingerprint density at radius 1 is 1.04 bits per heavy atom. The molecular weight excluding hydrogens is 710 g/mol. The molecule has 53 heavy (non-hydrogen) atoms. The third kappa shape index (κ3) is 9.17. The summed E-state index contributed by atoms with van der Waals surface area (Å²) in [4.78, 5) is 29.3. The van der Waals surface area contributed by atoms with Gasteiger partial charge in [0, 0.05) is 72.9 Å². The molecule has 6 nitrogen and oxygen atoms in total. The van der Waals surface area contributed by atoms with Crippen LogP contribution in [0.4, 0.5) is 22.0 Å². The van der Waals surface area contributed by atoms with Crippen LogP contribution in [0, 0.1) is 18.6 Å². The topological polar surface area (TPSA) is 54.8 Å². The van der Waals surface area contributed by atoms with Crippen LogP contribution in [0.1, 0.15) is 56.9 Å². The van der Waals surface area contributed by atoms with E-state index in [0.717, 1.165) is 28.8 Å². The third-order valence-electron chi connectivity index (χ3n) is 8.02. The quantitative estimate of drug-likeness (QED) is 0.0941. The first-order valence-corrected chi connectivity index (χ1v) is 16.8. The summed E-state index contributed by atoms with van der Waals surface area (Å²) in [7, 11) is -3.11. The van der Waals surface area contributed by atoms with Gasteiger partial charge in [-0.2, -0.15) is 13.2 Å². The summed E-state index contributed by atoms with van der Waals surface area (Å²) >= 11 is 0.477. The number of aromatic nitrogens is 1. The Bertz CT molecular complexity index is 2840. The van der Waals surface area contributed by atoms with Crippen molar-refractivity contribution in [2.24, 2.45) is 0 Å². The molecule has 0 N–H and O–H groups in total. The predicted molar refractivity (Wildman–Crippen MR) is 198 cm³/mol. The lowest BCUT2D eigenvalue weighted by Crippen LogP contribution is -2.48. The molecule has 1 fully saturated rings. The van der Waals surface area contributed by atoms with Gasteiger partial charge in [0.2, 0.25) is 5.91 Å². The van der Waals surface area contributed by atoms with Crippen molar-refractivity contribution in [2.75, 3.05) is 33.2 Å². The first-order valence-electron chi connectivity index (χ1n) is 23.8. The van der Waals surface area contributed by atoms with E-state index in [1.165, 1.54) is 49.4 Å². The van der Waals surface area contributed by atoms with E-state index < -0.39 is 146 Å². The standard InChI is InChI=1S/C41H40F5N3O3S/c1-27-6-15-34-36(22-27)49(39(23-37(34)50)53-26-31-4-3-5-35(42)40(31)43)25-38(51)48(33-16-18-47(19-17-33)20-21-52-2)24-28-7-9-29(10-8-28)30-11-13-32(14-12-30)41(44,45)46/h3-15,22-23,33H,16-21,24-26H2,1-2H3/i2D3,6D,15D,16D2,17D2,18D2,19D2,22D,23D,33D. The number of methoxy groups -OCH3 is 1. The molecule has 1 saturated heterocycles. The molecule has 0 aliphatic carbocycles. The zero-order valence-corrected chi connectivity index (χ0v) is 28.6. The third-order valence-corrected chi connectivity index (χ3v) is 9.07. The summed E-state index contributed by atoms with van der Waals surface area (Å²) in [5.74, 6) is -4.69. The van der Waals surface area contributed by atoms with E-state index in [1.54, 1.807) is 0 Å². The van der Waals surface area contributed by atoms with Crippen LogP contribution in [-0.2, 0) is 34.6 Å². The number of piperidine rings is 1. The van der Waals surface area contributed by atoms with E-state index in [4.69, 9.17) is 15.1 Å². The van der Waals surface area contributed by atoms with Crippen molar-refractivity contribution in [1.29, 1.82) is 0 Å². The average molecular weight is 766 g/mol. The summed E-state index contributed by atoms with van der Waals surface area (Å²) in [5.41, 5.74) is -2.77. The number of carbonyl (C=O) groups excluding carboxylic acids is 1. The number of benzene rings is 4. The minimum atomic E-state index is -4.65. The van der Waals surface area contributed by atoms with Gasteiger partial charge in [-0.25, -0.2) is 8.78 Å². The maximum absolute atomic E-state index is 15.3. The monoisotopic (exact) mass is 765 g/mol. The molecule has 4 aromatic carbocycles. The molecule has 1 aliphatic heterocycles. The van der Waals surface area contributed by atoms with Crippen molar-refractivity contribution < 1.29 is 53.4 Å². The van der Waals surface area contributed by atoms with Crippen LogP contribution in [0.2, 0.25) is 0 Å². The van der Waals surface area contributed by atoms with E-state index >= 15 is 4.79 Å². The number of hydrogen-bond acceptors (Lipinski definition) is 5. The van der Waals surface area contributed by atoms with Gasteiger partial charge in [0.15, 0.2) is 17.1 Å². The highest BCUT2D eigenvalue weighted by molar-refractivity contribution is 7.98. The number of rotatable bonds is 12. The van der Waals surface area contributed by atoms with Gasteiger partial charge < -0.3 is 19.1 Å². The summed E-state index contributed by atoms with van der Waals surface area (Å²) in [6.45, 7) is -10.8. The SMILES string of the molecule is [2H]c1c(C)c([2H])c2c(c1[2H])c(=O)c([2H])c(SCc1cccc(F)c1F)n2CC(=O)N(Cc1ccc(-c2ccc(C(F)(F)F)cc2)cc1)C1([2H])C([2H])([2H])C([2H])([2H])N(CCOC([2H])([2H])[2H])C([2H])([2H])C1([2H])[2H]. The maximum Gasteiger partial charge on any atom is 0.416 e. The van der Waals surface area contributed by atoms with E-state index in [-0.39, 0.29) is 32.1 Å². The molecule has 0 radical (unpaired) electrons. The number of amides is 1. The molecule has 1 aliphatic rings. The number of nitrogens with zero attached hydrogens (tertiary/aromatic N) is 3. The molecule has 1 aromatic heterocycles. The predicted octanol–water partition coefficient (Wildman–Crippen LogP) is 8.71. The van der Waals surface area contributed by atoms with Gasteiger partial charge in [-0.1, -0.05) is 54.6 Å². The van der Waals surface area contributed by atoms with Crippen LogP contribution in [0.15, 0.2) is 101 Å². The zero-order chi connectivity index (χ0) is 51.8. The summed E-state index contributed by atoms with van der Waals surface area (Å²) in [6.07, 6.45) is -12.7. The first kappa shape index (κ1) is 22.6. The lowest BCUT2D eigenvalue weighted by Gasteiger charge is -2.39. The number of likely N-dealkylation sites (tertiary alicyclic amines) is 1. The fraction of sp³-hybridized carbons (Fsp3) is 0.317. The van der Waals surface area contributed by atoms with Gasteiger partial charge in [0.25, 0.3) is 0 Å². The normalized spacial score (nSPS) is 23.2. The van der Waals surface area contributed by atoms with Crippen LogP contribution >= 0.6 is 11.8 Å². The second-order valence-electron chi connectivity index (χ2n) is 11.6. The lowest BCUT2D eigenvalue weighted by molar-refractivity contribution is -0.137. The number of thioether (sulfide) groups is 1. The summed E-state index contributed by atoms with van der Waals surface area (Å²) in [5, 5.41) is -1.28. The van der Waals surface area contributed by atoms with Crippen molar-refractivity contribution in [3.05, 3.63) is 135 Å². The number of pyridine rings is 1. The van der Waals surface area contributed by atoms with Crippen LogP contribution in [0.5, 0.6) is 0 Å². The van der Waals surface area contributed by atoms with Gasteiger partial charge in [-0.3, -0.25) is 9.59 Å². The smallest absolute Gasteiger partial charge is 0.383 e. The van der Waals surface area contributed by atoms with E-state index in [2.05, 4.69) is 4.74 Å². The molecule has 0 spiro atoms. The van der Waals surface area contributed by atoms with Crippen molar-refractivity contribution in [3.8, 4) is 11.1 Å². The Balaban J connectivity index is 1.57. The highest BCUT2D eigenvalue weighted by Gasteiger charge is 2.31. The number of halogens is 5. The number of hydrogen-bond donors (Lipinski definition) is 0. The van der Waals surface area contributed by atoms with Crippen molar-refractivity contribution in [2.45, 2.75) is 55.7 Å². The fourth-order valence-corrected chi connectivity index (χ4v) is 6.28. The Kier molecular flexibility index (Phi) is 7.11. The Labute approximate surface area is 331 Å². The van der Waals surface area contributed by atoms with Gasteiger partial charge in [0.1, 0.15) is 6.54 Å². The number of carbonyl (C=O) groups is 1. The Hall–Kier alpha value is -4.52. The largest absolute Gasteiger partial charge is 0.416 e. The minimum absolute atomic E-state index is 0.00864. The first-order chi connectivity index (χ1) is 31.6. The van der Waals surface area contributed by atoms with Gasteiger partial charge >= 0.3 is 6.18 Å². The van der Waals surface area contributed by atoms with Crippen molar-refractivity contribution in [3.63, 3.8) is 0 Å². The second kappa shape index (κ2) is 16.7. The second-order valence-corrected chi connectivity index (χ2v) is 12.6. The summed E-state index contributed by atoms with van der Waals surface area (Å²) < 4.78 is 214. The molecule has 2 heterocycles. The molecule has 1 amide bonds. The molecule has 12 heteroatoms. The Morgan fingerprint density at radius 2 is 1.74 bits per heavy atom. The molecule has 5 aromatic rings. The zero-order valence-electron chi connectivity index (χ0n) is 43.8. The minimum Gasteiger partial charge on any atom is -0.383 e. The molecule has 278 valence electrons. The van der Waals surface area contributed by atoms with Crippen LogP contribution in [-0.4, -0.2) is 59.5 Å². The van der Waals surface area contributed by atoms with Crippen molar-refractivity contribution in [1.82, 2.24) is 14.4 Å². The van der Waals surface area contributed by atoms with Gasteiger partial charge in [-0.05, 0) is 72.2 Å². The van der Waals surface area contributed by atoms with E-state index in [9.17, 15) is 33.6 Å². The van der Waals surface area contributed by atoms with Gasteiger partial charge in [0.05, 0.1) is 33.7 Å². The lowest BCUT2D eigenvalue weighted by atomic mass is 10.00. The summed E-state index contributed by atoms with van der Waals surface area (Å²) in [6, 6.07) is 5.27. The average Bonchev–Trinajstić information content (AvgIpc) is 3.26. The molecule has 0 atom stereocenters. The molecule has 6 rings (SSSR count). The Morgan fingerprint density at radius 3 is 2.42 bits per heavy atom. The number of alkyl halides is 3. The number of fused-ring (bicyclic) bond motifs is 1. The molecule has 0 bridgehead atoms. The fourth-order valence-electron chi connectivity index (χ4n) is 5.29. The van der Waals surface area contributed by atoms with Crippen LogP contribution in [0.3, 0.4) is 0 Å². The van der Waals surface area contributed by atoms with E-state index in [0.29, 0.717) is 17.3 Å². The molecular formula is C41H40F5N3O3S. The number of ether oxygens (including phenoxy) is 1. The van der Waals surface area contributed by atoms with Crippen LogP contribution in [0.25, 0.3) is 22.0 Å². The van der Waals surface area contributed by atoms with E-state index in [1.807, 2.05) is 0 Å². The molecule has 0 saturated carbocycles. The molecule has 0 unspecified atom stereocenters. The van der Waals surface area contributed by atoms with Crippen molar-refractivity contribution >= 4 is 28.6 Å². The van der Waals surface area contributed by atoms with Crippen LogP contribution < -0.4 is 5.43 Å². The highest BCUT2D eigenvalue weighted by Crippen LogP contribution is 2.32.